The number of aromatic nitrogens is 3. The summed E-state index contributed by atoms with van der Waals surface area (Å²) in [6.07, 6.45) is 6.11. The van der Waals surface area contributed by atoms with E-state index >= 15 is 0 Å². The molecule has 2 heterocycles. The van der Waals surface area contributed by atoms with Gasteiger partial charge in [-0.3, -0.25) is 9.59 Å². The topological polar surface area (TPSA) is 121 Å². The number of likely N-dealkylation sites (tertiary alicyclic amines) is 1. The van der Waals surface area contributed by atoms with Crippen LogP contribution in [-0.2, 0) is 9.59 Å². The Hall–Kier alpha value is -2.00. The smallest absolute Gasteiger partial charge is 0.248 e. The first-order valence-corrected chi connectivity index (χ1v) is 12.0. The molecule has 0 bridgehead atoms. The molecule has 4 aliphatic rings. The van der Waals surface area contributed by atoms with Gasteiger partial charge in [-0.1, -0.05) is 32.4 Å². The molecule has 1 aromatic rings. The van der Waals surface area contributed by atoms with Crippen molar-refractivity contribution >= 4 is 11.8 Å². The first-order valence-electron chi connectivity index (χ1n) is 12.0. The SMILES string of the molecule is CC(C)(C)[C@@H](C(=O)N1C[C@H](O)C[C@H]1C(=O)N[C@@H]1[C@H](O)[C@@H]2CCC[C@@H]21)n1cc(C2CC2)nn1. The maximum atomic E-state index is 13.8. The van der Waals surface area contributed by atoms with Crippen LogP contribution in [0.25, 0.3) is 0 Å². The number of amides is 2. The Balaban J connectivity index is 1.34. The largest absolute Gasteiger partial charge is 0.391 e. The Morgan fingerprint density at radius 3 is 2.56 bits per heavy atom. The van der Waals surface area contributed by atoms with E-state index in [4.69, 9.17) is 0 Å². The molecule has 3 aliphatic carbocycles. The molecule has 0 unspecified atom stereocenters. The average Bonchev–Trinajstić information content (AvgIpc) is 3.13. The predicted molar refractivity (Wildman–Crippen MR) is 115 cm³/mol. The predicted octanol–water partition coefficient (Wildman–Crippen LogP) is 0.980. The fraction of sp³-hybridized carbons (Fsp3) is 0.826. The van der Waals surface area contributed by atoms with Gasteiger partial charge in [0.05, 0.1) is 23.9 Å². The van der Waals surface area contributed by atoms with Crippen LogP contribution in [0, 0.1) is 17.3 Å². The van der Waals surface area contributed by atoms with Crippen LogP contribution in [0.1, 0.15) is 76.9 Å². The Morgan fingerprint density at radius 1 is 1.16 bits per heavy atom. The van der Waals surface area contributed by atoms with E-state index in [0.717, 1.165) is 37.8 Å². The second-order valence-electron chi connectivity index (χ2n) is 11.3. The highest BCUT2D eigenvalue weighted by Gasteiger charge is 2.53. The Morgan fingerprint density at radius 2 is 1.88 bits per heavy atom. The summed E-state index contributed by atoms with van der Waals surface area (Å²) >= 11 is 0. The molecule has 1 aliphatic heterocycles. The van der Waals surface area contributed by atoms with Gasteiger partial charge in [0.2, 0.25) is 11.8 Å². The van der Waals surface area contributed by atoms with Gasteiger partial charge >= 0.3 is 0 Å². The lowest BCUT2D eigenvalue weighted by Gasteiger charge is -2.46. The number of rotatable bonds is 5. The number of nitrogens with one attached hydrogen (secondary N) is 1. The van der Waals surface area contributed by atoms with Gasteiger partial charge in [0.15, 0.2) is 0 Å². The maximum Gasteiger partial charge on any atom is 0.248 e. The molecule has 9 heteroatoms. The molecule has 4 fully saturated rings. The number of nitrogens with zero attached hydrogens (tertiary/aromatic N) is 4. The number of carbonyl (C=O) groups is 2. The van der Waals surface area contributed by atoms with E-state index in [-0.39, 0.29) is 36.7 Å². The zero-order valence-electron chi connectivity index (χ0n) is 19.1. The van der Waals surface area contributed by atoms with Crippen molar-refractivity contribution in [2.24, 2.45) is 17.3 Å². The van der Waals surface area contributed by atoms with Gasteiger partial charge in [0.25, 0.3) is 0 Å². The molecule has 2 amide bonds. The summed E-state index contributed by atoms with van der Waals surface area (Å²) in [5.74, 6) is 0.525. The van der Waals surface area contributed by atoms with Crippen LogP contribution in [-0.4, -0.2) is 72.8 Å². The number of aliphatic hydroxyl groups excluding tert-OH is 2. The summed E-state index contributed by atoms with van der Waals surface area (Å²) in [4.78, 5) is 28.5. The molecular weight excluding hydrogens is 410 g/mol. The molecule has 3 N–H and O–H groups in total. The second kappa shape index (κ2) is 7.80. The third kappa shape index (κ3) is 3.73. The third-order valence-electron chi connectivity index (χ3n) is 7.91. The maximum absolute atomic E-state index is 13.8. The molecule has 3 saturated carbocycles. The number of β-amino-alcohol motifs (C(OH)–C–C–N with tert-alkyl or cyclic N) is 1. The van der Waals surface area contributed by atoms with E-state index < -0.39 is 29.7 Å². The summed E-state index contributed by atoms with van der Waals surface area (Å²) in [6.45, 7) is 6.04. The molecule has 1 saturated heterocycles. The standard InChI is InChI=1S/C23H35N5O4/c1-23(2,3)20(28-11-16(25-26-28)12-7-8-12)22(32)27-10-13(29)9-17(27)21(31)24-18-14-5-4-6-15(14)19(18)30/h11-15,17-20,29-30H,4-10H2,1-3H3,(H,24,31)/t13-,14+,15-,17+,18+,19-,20-/m1/s1. The fourth-order valence-corrected chi connectivity index (χ4v) is 6.04. The monoisotopic (exact) mass is 445 g/mol. The normalized spacial score (nSPS) is 35.3. The van der Waals surface area contributed by atoms with Crippen molar-refractivity contribution in [2.45, 2.75) is 95.5 Å². The molecule has 1 aromatic heterocycles. The summed E-state index contributed by atoms with van der Waals surface area (Å²) in [5, 5.41) is 32.3. The summed E-state index contributed by atoms with van der Waals surface area (Å²) in [7, 11) is 0. The molecule has 176 valence electrons. The van der Waals surface area contributed by atoms with Crippen LogP contribution in [0.4, 0.5) is 0 Å². The lowest BCUT2D eigenvalue weighted by Crippen LogP contribution is -2.64. The fourth-order valence-electron chi connectivity index (χ4n) is 6.04. The van der Waals surface area contributed by atoms with Gasteiger partial charge in [-0.2, -0.15) is 0 Å². The van der Waals surface area contributed by atoms with E-state index in [1.54, 1.807) is 4.68 Å². The third-order valence-corrected chi connectivity index (χ3v) is 7.91. The summed E-state index contributed by atoms with van der Waals surface area (Å²) in [6, 6.07) is -1.63. The number of aliphatic hydroxyl groups is 2. The Labute approximate surface area is 188 Å². The van der Waals surface area contributed by atoms with E-state index in [2.05, 4.69) is 15.6 Å². The van der Waals surface area contributed by atoms with Gasteiger partial charge in [0.1, 0.15) is 12.1 Å². The van der Waals surface area contributed by atoms with Crippen molar-refractivity contribution in [1.82, 2.24) is 25.2 Å². The molecule has 5 rings (SSSR count). The van der Waals surface area contributed by atoms with Crippen LogP contribution in [0.5, 0.6) is 0 Å². The van der Waals surface area contributed by atoms with Gasteiger partial charge in [-0.05, 0) is 42.9 Å². The Kier molecular flexibility index (Phi) is 5.32. The molecule has 9 nitrogen and oxygen atoms in total. The van der Waals surface area contributed by atoms with Gasteiger partial charge in [0, 0.05) is 25.1 Å². The highest BCUT2D eigenvalue weighted by molar-refractivity contribution is 5.90. The summed E-state index contributed by atoms with van der Waals surface area (Å²) in [5.41, 5.74) is 0.453. The zero-order valence-corrected chi connectivity index (χ0v) is 19.1. The van der Waals surface area contributed by atoms with Crippen LogP contribution < -0.4 is 5.32 Å². The zero-order chi connectivity index (χ0) is 22.8. The molecule has 0 radical (unpaired) electrons. The lowest BCUT2D eigenvalue weighted by atomic mass is 9.68. The lowest BCUT2D eigenvalue weighted by molar-refractivity contribution is -0.146. The second-order valence-corrected chi connectivity index (χ2v) is 11.3. The molecule has 0 spiro atoms. The van der Waals surface area contributed by atoms with Crippen molar-refractivity contribution in [3.8, 4) is 0 Å². The number of fused-ring (bicyclic) bond motifs is 1. The van der Waals surface area contributed by atoms with Crippen molar-refractivity contribution < 1.29 is 19.8 Å². The minimum absolute atomic E-state index is 0.118. The van der Waals surface area contributed by atoms with Crippen molar-refractivity contribution in [2.75, 3.05) is 6.54 Å². The first-order chi connectivity index (χ1) is 15.1. The van der Waals surface area contributed by atoms with E-state index in [1.807, 2.05) is 27.0 Å². The van der Waals surface area contributed by atoms with E-state index in [9.17, 15) is 19.8 Å². The molecule has 7 atom stereocenters. The number of hydrogen-bond donors (Lipinski definition) is 3. The minimum Gasteiger partial charge on any atom is -0.391 e. The number of carbonyl (C=O) groups excluding carboxylic acids is 2. The van der Waals surface area contributed by atoms with E-state index in [1.165, 1.54) is 4.90 Å². The number of hydrogen-bond acceptors (Lipinski definition) is 6. The van der Waals surface area contributed by atoms with Crippen LogP contribution in [0.15, 0.2) is 6.20 Å². The Bertz CT molecular complexity index is 891. The highest BCUT2D eigenvalue weighted by atomic mass is 16.3. The van der Waals surface area contributed by atoms with Gasteiger partial charge in [-0.25, -0.2) is 4.68 Å². The van der Waals surface area contributed by atoms with Gasteiger partial charge < -0.3 is 20.4 Å². The highest BCUT2D eigenvalue weighted by Crippen LogP contribution is 2.47. The molecule has 0 aromatic carbocycles. The average molecular weight is 446 g/mol. The van der Waals surface area contributed by atoms with Crippen molar-refractivity contribution in [1.29, 1.82) is 0 Å². The first kappa shape index (κ1) is 21.8. The van der Waals surface area contributed by atoms with Crippen molar-refractivity contribution in [3.05, 3.63) is 11.9 Å². The van der Waals surface area contributed by atoms with Gasteiger partial charge in [-0.15, -0.1) is 5.10 Å². The molecule has 32 heavy (non-hydrogen) atoms. The summed E-state index contributed by atoms with van der Waals surface area (Å²) < 4.78 is 1.63. The van der Waals surface area contributed by atoms with Crippen molar-refractivity contribution in [3.63, 3.8) is 0 Å². The minimum atomic E-state index is -0.751. The molecular formula is C23H35N5O4. The van der Waals surface area contributed by atoms with E-state index in [0.29, 0.717) is 11.8 Å². The quantitative estimate of drug-likeness (QED) is 0.621. The van der Waals surface area contributed by atoms with Crippen LogP contribution in [0.2, 0.25) is 0 Å². The van der Waals surface area contributed by atoms with Crippen LogP contribution in [0.3, 0.4) is 0 Å². The van der Waals surface area contributed by atoms with Crippen LogP contribution >= 0.6 is 0 Å².